The van der Waals surface area contributed by atoms with Gasteiger partial charge < -0.3 is 15.2 Å². The Balaban J connectivity index is 1.42. The van der Waals surface area contributed by atoms with Crippen molar-refractivity contribution in [3.8, 4) is 5.69 Å². The normalized spacial score (nSPS) is 13.2. The molecule has 0 spiro atoms. The minimum atomic E-state index is -0.178. The van der Waals surface area contributed by atoms with Crippen molar-refractivity contribution in [3.63, 3.8) is 0 Å². The summed E-state index contributed by atoms with van der Waals surface area (Å²) in [5.74, 6) is -0.241. The highest BCUT2D eigenvalue weighted by molar-refractivity contribution is 6.04. The van der Waals surface area contributed by atoms with E-state index in [-0.39, 0.29) is 11.8 Å². The molecule has 0 radical (unpaired) electrons. The zero-order valence-corrected chi connectivity index (χ0v) is 16.0. The first-order valence-corrected chi connectivity index (χ1v) is 9.49. The fourth-order valence-corrected chi connectivity index (χ4v) is 3.24. The van der Waals surface area contributed by atoms with Crippen molar-refractivity contribution < 1.29 is 9.59 Å². The van der Waals surface area contributed by atoms with E-state index in [1.165, 1.54) is 0 Å². The molecule has 2 N–H and O–H groups in total. The van der Waals surface area contributed by atoms with Gasteiger partial charge in [0.05, 0.1) is 0 Å². The molecule has 0 atom stereocenters. The van der Waals surface area contributed by atoms with Gasteiger partial charge in [-0.1, -0.05) is 0 Å². The van der Waals surface area contributed by atoms with Gasteiger partial charge >= 0.3 is 0 Å². The third kappa shape index (κ3) is 3.83. The quantitative estimate of drug-likeness (QED) is 0.703. The third-order valence-corrected chi connectivity index (χ3v) is 4.98. The second-order valence-corrected chi connectivity index (χ2v) is 7.28. The summed E-state index contributed by atoms with van der Waals surface area (Å²) < 4.78 is 2.15. The summed E-state index contributed by atoms with van der Waals surface area (Å²) >= 11 is 0. The van der Waals surface area contributed by atoms with E-state index in [0.717, 1.165) is 29.9 Å². The standard InChI is InChI=1S/C23H23N3O2/c1-15-3-4-16(2)26(15)21-13-7-18(8-14-21)23(28)24-19-9-5-17(6-10-19)22(27)25-20-11-12-20/h3-10,13-14,20H,11-12H2,1-2H3,(H,24,28)(H,25,27). The average Bonchev–Trinajstić information content (AvgIpc) is 3.45. The van der Waals surface area contributed by atoms with Gasteiger partial charge in [-0.25, -0.2) is 0 Å². The highest BCUT2D eigenvalue weighted by Gasteiger charge is 2.23. The maximum absolute atomic E-state index is 12.5. The van der Waals surface area contributed by atoms with Crippen LogP contribution in [0, 0.1) is 13.8 Å². The Morgan fingerprint density at radius 1 is 0.786 bits per heavy atom. The molecule has 0 bridgehead atoms. The van der Waals surface area contributed by atoms with Gasteiger partial charge in [0.2, 0.25) is 0 Å². The maximum atomic E-state index is 12.5. The molecule has 3 aromatic rings. The Bertz CT molecular complexity index is 994. The Kier molecular flexibility index (Phi) is 4.74. The number of hydrogen-bond donors (Lipinski definition) is 2. The molecular formula is C23H23N3O2. The SMILES string of the molecule is Cc1ccc(C)n1-c1ccc(C(=O)Nc2ccc(C(=O)NC3CC3)cc2)cc1. The zero-order valence-electron chi connectivity index (χ0n) is 16.0. The van der Waals surface area contributed by atoms with E-state index >= 15 is 0 Å². The highest BCUT2D eigenvalue weighted by atomic mass is 16.2. The lowest BCUT2D eigenvalue weighted by Crippen LogP contribution is -2.25. The number of anilines is 1. The van der Waals surface area contributed by atoms with Crippen LogP contribution in [0.15, 0.2) is 60.7 Å². The predicted molar refractivity (Wildman–Crippen MR) is 110 cm³/mol. The molecule has 0 unspecified atom stereocenters. The Labute approximate surface area is 164 Å². The van der Waals surface area contributed by atoms with E-state index in [1.54, 1.807) is 24.3 Å². The van der Waals surface area contributed by atoms with Crippen LogP contribution < -0.4 is 10.6 Å². The summed E-state index contributed by atoms with van der Waals surface area (Å²) in [5.41, 5.74) is 5.19. The molecule has 1 aromatic heterocycles. The summed E-state index contributed by atoms with van der Waals surface area (Å²) in [6.07, 6.45) is 2.12. The van der Waals surface area contributed by atoms with Crippen LogP contribution in [0.2, 0.25) is 0 Å². The maximum Gasteiger partial charge on any atom is 0.255 e. The van der Waals surface area contributed by atoms with Crippen molar-refractivity contribution in [2.75, 3.05) is 5.32 Å². The second-order valence-electron chi connectivity index (χ2n) is 7.28. The van der Waals surface area contributed by atoms with E-state index in [9.17, 15) is 9.59 Å². The van der Waals surface area contributed by atoms with Gasteiger partial charge in [0.15, 0.2) is 0 Å². The fourth-order valence-electron chi connectivity index (χ4n) is 3.24. The van der Waals surface area contributed by atoms with Gasteiger partial charge in [0.1, 0.15) is 0 Å². The molecule has 0 aliphatic heterocycles. The fraction of sp³-hybridized carbons (Fsp3) is 0.217. The summed E-state index contributed by atoms with van der Waals surface area (Å²) in [6, 6.07) is 19.0. The molecule has 1 saturated carbocycles. The van der Waals surface area contributed by atoms with Crippen LogP contribution in [0.1, 0.15) is 44.9 Å². The second kappa shape index (κ2) is 7.35. The topological polar surface area (TPSA) is 63.1 Å². The van der Waals surface area contributed by atoms with Gasteiger partial charge in [0.25, 0.3) is 11.8 Å². The van der Waals surface area contributed by atoms with Gasteiger partial charge in [0, 0.05) is 39.9 Å². The first-order chi connectivity index (χ1) is 13.5. The van der Waals surface area contributed by atoms with Crippen molar-refractivity contribution in [1.29, 1.82) is 0 Å². The van der Waals surface area contributed by atoms with Crippen molar-refractivity contribution >= 4 is 17.5 Å². The van der Waals surface area contributed by atoms with E-state index < -0.39 is 0 Å². The number of aromatic nitrogens is 1. The Morgan fingerprint density at radius 2 is 1.32 bits per heavy atom. The number of nitrogens with one attached hydrogen (secondary N) is 2. The molecule has 1 fully saturated rings. The molecule has 4 rings (SSSR count). The number of hydrogen-bond acceptors (Lipinski definition) is 2. The number of carbonyl (C=O) groups is 2. The molecule has 142 valence electrons. The monoisotopic (exact) mass is 373 g/mol. The minimum Gasteiger partial charge on any atom is -0.349 e. The number of aryl methyl sites for hydroxylation is 2. The summed E-state index contributed by atoms with van der Waals surface area (Å²) in [5, 5.41) is 5.83. The molecule has 0 saturated heterocycles. The lowest BCUT2D eigenvalue weighted by Gasteiger charge is -2.11. The van der Waals surface area contributed by atoms with Crippen LogP contribution in [0.5, 0.6) is 0 Å². The van der Waals surface area contributed by atoms with E-state index in [2.05, 4.69) is 41.2 Å². The molecule has 5 heteroatoms. The van der Waals surface area contributed by atoms with Crippen LogP contribution in [0.3, 0.4) is 0 Å². The highest BCUT2D eigenvalue weighted by Crippen LogP contribution is 2.20. The molecule has 1 aliphatic carbocycles. The van der Waals surface area contributed by atoms with Crippen molar-refractivity contribution in [2.24, 2.45) is 0 Å². The molecule has 2 amide bonds. The van der Waals surface area contributed by atoms with Crippen molar-refractivity contribution in [3.05, 3.63) is 83.2 Å². The van der Waals surface area contributed by atoms with E-state index in [4.69, 9.17) is 0 Å². The first kappa shape index (κ1) is 18.0. The van der Waals surface area contributed by atoms with E-state index in [1.807, 2.05) is 24.3 Å². The van der Waals surface area contributed by atoms with Crippen LogP contribution in [0.4, 0.5) is 5.69 Å². The number of benzene rings is 2. The predicted octanol–water partition coefficient (Wildman–Crippen LogP) is 4.24. The number of rotatable bonds is 5. The average molecular weight is 373 g/mol. The molecule has 1 heterocycles. The van der Waals surface area contributed by atoms with Gasteiger partial charge in [-0.05, 0) is 87.4 Å². The Hall–Kier alpha value is -3.34. The van der Waals surface area contributed by atoms with Gasteiger partial charge in [-0.2, -0.15) is 0 Å². The van der Waals surface area contributed by atoms with Gasteiger partial charge in [-0.3, -0.25) is 9.59 Å². The van der Waals surface area contributed by atoms with Crippen molar-refractivity contribution in [1.82, 2.24) is 9.88 Å². The van der Waals surface area contributed by atoms with Crippen LogP contribution in [0.25, 0.3) is 5.69 Å². The van der Waals surface area contributed by atoms with Crippen molar-refractivity contribution in [2.45, 2.75) is 32.7 Å². The summed E-state index contributed by atoms with van der Waals surface area (Å²) in [4.78, 5) is 24.5. The summed E-state index contributed by atoms with van der Waals surface area (Å²) in [6.45, 7) is 4.12. The molecule has 2 aromatic carbocycles. The zero-order chi connectivity index (χ0) is 19.7. The van der Waals surface area contributed by atoms with Crippen LogP contribution in [-0.4, -0.2) is 22.4 Å². The first-order valence-electron chi connectivity index (χ1n) is 9.49. The number of nitrogens with zero attached hydrogens (tertiary/aromatic N) is 1. The molecule has 5 nitrogen and oxygen atoms in total. The van der Waals surface area contributed by atoms with E-state index in [0.29, 0.717) is 22.9 Å². The Morgan fingerprint density at radius 3 is 1.89 bits per heavy atom. The lowest BCUT2D eigenvalue weighted by atomic mass is 10.1. The van der Waals surface area contributed by atoms with Crippen LogP contribution >= 0.6 is 0 Å². The summed E-state index contributed by atoms with van der Waals surface area (Å²) in [7, 11) is 0. The molecule has 1 aliphatic rings. The largest absolute Gasteiger partial charge is 0.349 e. The smallest absolute Gasteiger partial charge is 0.255 e. The number of carbonyl (C=O) groups excluding carboxylic acids is 2. The molecule has 28 heavy (non-hydrogen) atoms. The lowest BCUT2D eigenvalue weighted by molar-refractivity contribution is 0.0950. The van der Waals surface area contributed by atoms with Crippen LogP contribution in [-0.2, 0) is 0 Å². The molecular weight excluding hydrogens is 350 g/mol. The third-order valence-electron chi connectivity index (χ3n) is 4.98. The number of amides is 2. The minimum absolute atomic E-state index is 0.0634. The van der Waals surface area contributed by atoms with Gasteiger partial charge in [-0.15, -0.1) is 0 Å².